The van der Waals surface area contributed by atoms with Crippen LogP contribution < -0.4 is 21.3 Å². The van der Waals surface area contributed by atoms with Crippen molar-refractivity contribution in [2.24, 2.45) is 22.1 Å². The molecule has 2 bridgehead atoms. The first-order chi connectivity index (χ1) is 30.9. The van der Waals surface area contributed by atoms with E-state index in [4.69, 9.17) is 15.5 Å². The minimum absolute atomic E-state index is 0.0651. The first-order valence-electron chi connectivity index (χ1n) is 22.7. The highest BCUT2D eigenvalue weighted by atomic mass is 19.1. The van der Waals surface area contributed by atoms with E-state index in [1.807, 2.05) is 11.8 Å². The molecule has 0 saturated carbocycles. The van der Waals surface area contributed by atoms with Gasteiger partial charge in [0.05, 0.1) is 34.8 Å². The molecule has 0 radical (unpaired) electrons. The minimum Gasteiger partial charge on any atom is -0.477 e. The number of halogens is 2. The van der Waals surface area contributed by atoms with Gasteiger partial charge >= 0.3 is 0 Å². The normalized spacial score (nSPS) is 24.2. The Morgan fingerprint density at radius 2 is 1.67 bits per heavy atom. The summed E-state index contributed by atoms with van der Waals surface area (Å²) in [6, 6.07) is 12.9. The third-order valence-corrected chi connectivity index (χ3v) is 14.3. The Morgan fingerprint density at radius 1 is 0.938 bits per heavy atom. The highest BCUT2D eigenvalue weighted by Gasteiger charge is 2.42. The Morgan fingerprint density at radius 3 is 2.38 bits per heavy atom. The van der Waals surface area contributed by atoms with E-state index in [1.165, 1.54) is 23.9 Å². The van der Waals surface area contributed by atoms with E-state index in [1.54, 1.807) is 19.2 Å². The van der Waals surface area contributed by atoms with E-state index in [-0.39, 0.29) is 30.2 Å². The predicted octanol–water partition coefficient (Wildman–Crippen LogP) is 6.13. The van der Waals surface area contributed by atoms with Crippen molar-refractivity contribution in [1.29, 1.82) is 0 Å². The van der Waals surface area contributed by atoms with Crippen LogP contribution in [0.2, 0.25) is 0 Å². The van der Waals surface area contributed by atoms with Gasteiger partial charge in [-0.3, -0.25) is 44.8 Å². The third-order valence-electron chi connectivity index (χ3n) is 14.3. The smallest absolute Gasteiger partial charge is 0.258 e. The topological polar surface area (TPSA) is 163 Å². The van der Waals surface area contributed by atoms with Gasteiger partial charge in [-0.2, -0.15) is 0 Å². The van der Waals surface area contributed by atoms with Gasteiger partial charge in [0.2, 0.25) is 23.7 Å². The van der Waals surface area contributed by atoms with Gasteiger partial charge in [0.25, 0.3) is 5.91 Å². The molecule has 0 aliphatic carbocycles. The van der Waals surface area contributed by atoms with Crippen LogP contribution in [0.5, 0.6) is 0 Å². The van der Waals surface area contributed by atoms with E-state index >= 15 is 8.78 Å². The average Bonchev–Trinajstić information content (AvgIpc) is 3.58. The van der Waals surface area contributed by atoms with Crippen molar-refractivity contribution in [3.63, 3.8) is 0 Å². The molecule has 16 heteroatoms. The summed E-state index contributed by atoms with van der Waals surface area (Å²) in [7, 11) is 1.66. The molecule has 9 rings (SSSR count). The number of likely N-dealkylation sites (tertiary alicyclic amines) is 2. The predicted molar refractivity (Wildman–Crippen MR) is 242 cm³/mol. The van der Waals surface area contributed by atoms with Crippen molar-refractivity contribution in [3.8, 4) is 0 Å². The fourth-order valence-electron chi connectivity index (χ4n) is 10.5. The standard InChI is InChI=1S/C48H58F2N10O4/c1-29-5-4-18-64-46(52-3)36(24-51)40-21-32(19-30(2)53-40)44(62)56-47-54-39-8-6-31(20-41(39)60(47)25-29)26-57-14-10-48(11-15-57)12-16-58(17-13-48)34-27-59(28-34)33-22-37(49)43(38(50)23-33)35-7-9-42(61)55-45(35)63/h6,8,19-24,29,34-35H,4-5,7,9-18,25-28,51H2,1-3H3,(H,54,56,62)(H,55,61,63)/t29-,35-/m1/s1. The molecule has 4 fully saturated rings. The van der Waals surface area contributed by atoms with Crippen LogP contribution in [0.25, 0.3) is 16.6 Å². The number of carbonyl (C=O) groups is 3. The number of nitrogens with zero attached hydrogens (tertiary/aromatic N) is 7. The van der Waals surface area contributed by atoms with Gasteiger partial charge in [0.15, 0.2) is 0 Å². The van der Waals surface area contributed by atoms with E-state index < -0.39 is 29.4 Å². The van der Waals surface area contributed by atoms with E-state index in [2.05, 4.69) is 60.1 Å². The lowest BCUT2D eigenvalue weighted by molar-refractivity contribution is -0.134. The number of imide groups is 1. The zero-order chi connectivity index (χ0) is 44.7. The number of nitrogens with two attached hydrogens (primary N) is 1. The molecule has 1 spiro atoms. The summed E-state index contributed by atoms with van der Waals surface area (Å²) in [6.07, 6.45) is 7.89. The van der Waals surface area contributed by atoms with Crippen molar-refractivity contribution >= 4 is 51.9 Å². The number of hydrogen-bond acceptors (Lipinski definition) is 11. The summed E-state index contributed by atoms with van der Waals surface area (Å²) >= 11 is 0. The molecule has 2 atom stereocenters. The Balaban J connectivity index is 0.812. The molecule has 7 heterocycles. The van der Waals surface area contributed by atoms with Crippen LogP contribution in [0.15, 0.2) is 53.7 Å². The quantitative estimate of drug-likeness (QED) is 0.199. The van der Waals surface area contributed by atoms with Gasteiger partial charge in [0, 0.05) is 74.4 Å². The van der Waals surface area contributed by atoms with Crippen LogP contribution in [-0.2, 0) is 27.4 Å². The number of aryl methyl sites for hydroxylation is 1. The second-order valence-electron chi connectivity index (χ2n) is 18.6. The van der Waals surface area contributed by atoms with Crippen LogP contribution in [-0.4, -0.2) is 107 Å². The molecule has 0 unspecified atom stereocenters. The second kappa shape index (κ2) is 18.0. The van der Waals surface area contributed by atoms with Crippen LogP contribution in [0.4, 0.5) is 20.4 Å². The fourth-order valence-corrected chi connectivity index (χ4v) is 10.5. The number of aliphatic imine (C=N–C) groups is 1. The Kier molecular flexibility index (Phi) is 12.3. The minimum atomic E-state index is -0.999. The van der Waals surface area contributed by atoms with Gasteiger partial charge in [-0.15, -0.1) is 0 Å². The molecule has 4 N–H and O–H groups in total. The molecule has 2 aromatic heterocycles. The number of piperidine rings is 3. The van der Waals surface area contributed by atoms with Gasteiger partial charge in [-0.1, -0.05) is 13.0 Å². The monoisotopic (exact) mass is 876 g/mol. The zero-order valence-electron chi connectivity index (χ0n) is 37.0. The molecule has 4 saturated heterocycles. The summed E-state index contributed by atoms with van der Waals surface area (Å²) in [5.41, 5.74) is 11.8. The molecule has 2 aromatic carbocycles. The average molecular weight is 877 g/mol. The number of benzene rings is 2. The van der Waals surface area contributed by atoms with Gasteiger partial charge in [-0.05, 0) is 131 Å². The number of carbonyl (C=O) groups excluding carboxylic acids is 3. The number of aromatic nitrogens is 3. The number of ether oxygens (including phenoxy) is 1. The maximum absolute atomic E-state index is 15.2. The molecule has 338 valence electrons. The zero-order valence-corrected chi connectivity index (χ0v) is 37.0. The summed E-state index contributed by atoms with van der Waals surface area (Å²) in [5.74, 6) is -2.64. The Labute approximate surface area is 372 Å². The summed E-state index contributed by atoms with van der Waals surface area (Å²) in [4.78, 5) is 58.7. The molecule has 5 aliphatic rings. The largest absolute Gasteiger partial charge is 0.477 e. The van der Waals surface area contributed by atoms with Gasteiger partial charge in [-0.25, -0.2) is 13.8 Å². The molecule has 14 nitrogen and oxygen atoms in total. The maximum Gasteiger partial charge on any atom is 0.258 e. The maximum atomic E-state index is 15.2. The third kappa shape index (κ3) is 8.86. The number of hydrogen-bond donors (Lipinski definition) is 3. The highest BCUT2D eigenvalue weighted by molar-refractivity contribution is 6.19. The number of amides is 3. The molecule has 64 heavy (non-hydrogen) atoms. The number of imidazole rings is 1. The fraction of sp³-hybridized carbons (Fsp3) is 0.500. The van der Waals surface area contributed by atoms with Crippen molar-refractivity contribution in [2.45, 2.75) is 90.3 Å². The van der Waals surface area contributed by atoms with E-state index in [0.717, 1.165) is 82.3 Å². The number of pyridine rings is 1. The molecular formula is C48H58F2N10O4. The van der Waals surface area contributed by atoms with E-state index in [0.29, 0.717) is 77.8 Å². The summed E-state index contributed by atoms with van der Waals surface area (Å²) in [6.45, 7) is 11.5. The summed E-state index contributed by atoms with van der Waals surface area (Å²) in [5, 5.41) is 5.32. The van der Waals surface area contributed by atoms with Gasteiger partial charge < -0.3 is 19.9 Å². The van der Waals surface area contributed by atoms with Crippen molar-refractivity contribution < 1.29 is 27.9 Å². The number of nitrogens with one attached hydrogen (secondary N) is 2. The lowest BCUT2D eigenvalue weighted by atomic mass is 9.71. The van der Waals surface area contributed by atoms with Crippen LogP contribution in [0.1, 0.15) is 97.1 Å². The number of rotatable bonds is 5. The second-order valence-corrected chi connectivity index (χ2v) is 18.6. The highest BCUT2D eigenvalue weighted by Crippen LogP contribution is 2.43. The molecule has 5 aliphatic heterocycles. The molecular weight excluding hydrogens is 819 g/mol. The van der Waals surface area contributed by atoms with Crippen molar-refractivity contribution in [3.05, 3.63) is 88.4 Å². The Bertz CT molecular complexity index is 2490. The lowest BCUT2D eigenvalue weighted by Gasteiger charge is -2.52. The van der Waals surface area contributed by atoms with Crippen molar-refractivity contribution in [2.75, 3.05) is 63.1 Å². The number of anilines is 2. The summed E-state index contributed by atoms with van der Waals surface area (Å²) < 4.78 is 38.7. The van der Waals surface area contributed by atoms with Crippen LogP contribution >= 0.6 is 0 Å². The van der Waals surface area contributed by atoms with Crippen LogP contribution in [0, 0.1) is 29.9 Å². The number of fused-ring (bicyclic) bond motifs is 5. The van der Waals surface area contributed by atoms with E-state index in [9.17, 15) is 14.4 Å². The molecule has 4 aromatic rings. The SMILES string of the molecule is CN=C1OCCC[C@@H](C)Cn2c(nc3ccc(CN4CCC5(CC4)CCN(C4CN(c6cc(F)c([C@H]7CCC(=O)NC7=O)c(F)c6)C4)CC5)cc32)NC(=O)c2cc(C)nc(c2)C1=CN. The first kappa shape index (κ1) is 43.5. The van der Waals surface area contributed by atoms with Crippen molar-refractivity contribution in [1.82, 2.24) is 29.7 Å². The first-order valence-corrected chi connectivity index (χ1v) is 22.7. The van der Waals surface area contributed by atoms with Gasteiger partial charge in [0.1, 0.15) is 11.6 Å². The lowest BCUT2D eigenvalue weighted by Crippen LogP contribution is -2.62. The molecule has 3 amide bonds. The van der Waals surface area contributed by atoms with Crippen LogP contribution in [0.3, 0.4) is 0 Å². The Hall–Kier alpha value is -5.74.